The predicted molar refractivity (Wildman–Crippen MR) is 90.5 cm³/mol. The average Bonchev–Trinajstić information content (AvgIpc) is 3.18. The maximum absolute atomic E-state index is 14.0. The molecule has 3 rings (SSSR count). The van der Waals surface area contributed by atoms with Crippen LogP contribution in [0, 0.1) is 6.92 Å². The number of carbonyl (C=O) groups excluding carboxylic acids is 1. The second-order valence-corrected chi connectivity index (χ2v) is 5.94. The summed E-state index contributed by atoms with van der Waals surface area (Å²) in [5, 5.41) is 3.15. The minimum atomic E-state index is -4.74. The maximum atomic E-state index is 14.0. The fourth-order valence-corrected chi connectivity index (χ4v) is 2.32. The lowest BCUT2D eigenvalue weighted by Crippen LogP contribution is -2.23. The van der Waals surface area contributed by atoms with E-state index in [0.29, 0.717) is 16.8 Å². The molecule has 2 aromatic heterocycles. The molecular formula is C18H14F4N4O3. The Bertz CT molecular complexity index is 989. The number of hydrogen-bond acceptors (Lipinski definition) is 6. The van der Waals surface area contributed by atoms with Crippen molar-refractivity contribution in [1.29, 1.82) is 0 Å². The molecule has 0 N–H and O–H groups in total. The molecule has 2 heterocycles. The van der Waals surface area contributed by atoms with E-state index >= 15 is 0 Å². The zero-order valence-corrected chi connectivity index (χ0v) is 15.0. The van der Waals surface area contributed by atoms with Gasteiger partial charge in [-0.3, -0.25) is 4.98 Å². The van der Waals surface area contributed by atoms with Crippen molar-refractivity contribution in [1.82, 2.24) is 20.2 Å². The van der Waals surface area contributed by atoms with Crippen molar-refractivity contribution in [2.24, 2.45) is 0 Å². The van der Waals surface area contributed by atoms with Crippen molar-refractivity contribution in [3.05, 3.63) is 65.3 Å². The number of halogens is 4. The maximum Gasteiger partial charge on any atom is 0.471 e. The average molecular weight is 410 g/mol. The van der Waals surface area contributed by atoms with Gasteiger partial charge in [0.2, 0.25) is 5.82 Å². The lowest BCUT2D eigenvalue weighted by atomic mass is 10.1. The molecule has 0 aliphatic heterocycles. The van der Waals surface area contributed by atoms with Gasteiger partial charge in [-0.1, -0.05) is 40.0 Å². The van der Waals surface area contributed by atoms with E-state index in [0.717, 1.165) is 0 Å². The zero-order valence-electron chi connectivity index (χ0n) is 15.0. The van der Waals surface area contributed by atoms with Crippen LogP contribution >= 0.6 is 0 Å². The highest BCUT2D eigenvalue weighted by atomic mass is 19.4. The molecule has 0 fully saturated rings. The quantitative estimate of drug-likeness (QED) is 0.456. The fraction of sp³-hybridized carbons (Fsp3) is 0.222. The molecule has 152 valence electrons. The van der Waals surface area contributed by atoms with E-state index < -0.39 is 24.7 Å². The Kier molecular flexibility index (Phi) is 5.76. The normalized spacial score (nSPS) is 11.3. The number of benzene rings is 1. The SMILES string of the molecule is Cc1ncccc1COC(=O)N(F)Cc1ccc(-c2noc(C(F)(F)F)n2)cc1. The minimum absolute atomic E-state index is 0.114. The summed E-state index contributed by atoms with van der Waals surface area (Å²) < 4.78 is 60.6. The van der Waals surface area contributed by atoms with E-state index in [4.69, 9.17) is 4.74 Å². The van der Waals surface area contributed by atoms with Gasteiger partial charge in [0.1, 0.15) is 6.61 Å². The number of alkyl halides is 3. The van der Waals surface area contributed by atoms with Crippen molar-refractivity contribution in [2.45, 2.75) is 26.3 Å². The Morgan fingerprint density at radius 3 is 2.55 bits per heavy atom. The van der Waals surface area contributed by atoms with Gasteiger partial charge in [-0.15, -0.1) is 5.12 Å². The number of hydrogen-bond donors (Lipinski definition) is 0. The molecule has 0 aliphatic carbocycles. The molecule has 0 aliphatic rings. The van der Waals surface area contributed by atoms with E-state index in [1.54, 1.807) is 25.3 Å². The predicted octanol–water partition coefficient (Wildman–Crippen LogP) is 4.48. The zero-order chi connectivity index (χ0) is 21.0. The fourth-order valence-electron chi connectivity index (χ4n) is 2.32. The Labute approximate surface area is 161 Å². The van der Waals surface area contributed by atoms with Crippen LogP contribution in [0.1, 0.15) is 22.7 Å². The molecule has 0 spiro atoms. The van der Waals surface area contributed by atoms with Crippen LogP contribution in [0.4, 0.5) is 22.4 Å². The number of carbonyl (C=O) groups is 1. The Morgan fingerprint density at radius 1 is 1.21 bits per heavy atom. The van der Waals surface area contributed by atoms with Crippen LogP contribution in [-0.2, 0) is 24.1 Å². The lowest BCUT2D eigenvalue weighted by molar-refractivity contribution is -0.159. The summed E-state index contributed by atoms with van der Waals surface area (Å²) in [7, 11) is 0. The van der Waals surface area contributed by atoms with E-state index in [-0.39, 0.29) is 23.1 Å². The molecule has 1 aromatic carbocycles. The topological polar surface area (TPSA) is 81.4 Å². The standard InChI is InChI=1S/C18H14F4N4O3/c1-11-14(3-2-8-23-11)10-28-17(27)26(22)9-12-4-6-13(7-5-12)15-24-16(29-25-15)18(19,20)21/h2-8H,9-10H2,1H3. The molecule has 7 nitrogen and oxygen atoms in total. The molecule has 1 amide bonds. The number of amides is 1. The molecule has 29 heavy (non-hydrogen) atoms. The summed E-state index contributed by atoms with van der Waals surface area (Å²) in [6.45, 7) is 1.20. The Balaban J connectivity index is 1.58. The highest BCUT2D eigenvalue weighted by molar-refractivity contribution is 5.66. The van der Waals surface area contributed by atoms with Crippen LogP contribution in [0.25, 0.3) is 11.4 Å². The van der Waals surface area contributed by atoms with Gasteiger partial charge in [0.25, 0.3) is 0 Å². The Morgan fingerprint density at radius 2 is 1.93 bits per heavy atom. The third-order valence-electron chi connectivity index (χ3n) is 3.87. The summed E-state index contributed by atoms with van der Waals surface area (Å²) in [5.41, 5.74) is 1.94. The molecule has 0 saturated carbocycles. The van der Waals surface area contributed by atoms with Crippen LogP contribution in [0.2, 0.25) is 0 Å². The van der Waals surface area contributed by atoms with Crippen molar-refractivity contribution in [3.63, 3.8) is 0 Å². The first kappa shape index (κ1) is 20.2. The Hall–Kier alpha value is -3.50. The summed E-state index contributed by atoms with van der Waals surface area (Å²) in [6.07, 6.45) is -4.33. The molecule has 3 aromatic rings. The van der Waals surface area contributed by atoms with Crippen LogP contribution < -0.4 is 0 Å². The smallest absolute Gasteiger partial charge is 0.443 e. The number of aromatic nitrogens is 3. The highest BCUT2D eigenvalue weighted by Crippen LogP contribution is 2.29. The van der Waals surface area contributed by atoms with Gasteiger partial charge >= 0.3 is 18.2 Å². The van der Waals surface area contributed by atoms with Gasteiger partial charge in [0.05, 0.1) is 6.54 Å². The largest absolute Gasteiger partial charge is 0.471 e. The van der Waals surface area contributed by atoms with Crippen molar-refractivity contribution in [2.75, 3.05) is 0 Å². The van der Waals surface area contributed by atoms with E-state index in [9.17, 15) is 22.4 Å². The van der Waals surface area contributed by atoms with Crippen molar-refractivity contribution in [3.8, 4) is 11.4 Å². The molecule has 0 radical (unpaired) electrons. The third kappa shape index (κ3) is 5.06. The summed E-state index contributed by atoms with van der Waals surface area (Å²) in [6, 6.07) is 9.00. The second kappa shape index (κ2) is 8.25. The van der Waals surface area contributed by atoms with Crippen LogP contribution in [0.3, 0.4) is 0 Å². The summed E-state index contributed by atoms with van der Waals surface area (Å²) in [5.74, 6) is -1.72. The molecule has 0 bridgehead atoms. The van der Waals surface area contributed by atoms with Crippen LogP contribution in [-0.4, -0.2) is 26.3 Å². The minimum Gasteiger partial charge on any atom is -0.443 e. The number of pyridine rings is 1. The van der Waals surface area contributed by atoms with Crippen LogP contribution in [0.15, 0.2) is 47.1 Å². The van der Waals surface area contributed by atoms with Crippen LogP contribution in [0.5, 0.6) is 0 Å². The van der Waals surface area contributed by atoms with E-state index in [1.165, 1.54) is 24.3 Å². The van der Waals surface area contributed by atoms with Gasteiger partial charge in [-0.25, -0.2) is 4.79 Å². The molecule has 11 heteroatoms. The van der Waals surface area contributed by atoms with Crippen molar-refractivity contribution < 1.29 is 31.7 Å². The molecular weight excluding hydrogens is 396 g/mol. The number of nitrogens with zero attached hydrogens (tertiary/aromatic N) is 4. The third-order valence-corrected chi connectivity index (χ3v) is 3.87. The van der Waals surface area contributed by atoms with Crippen molar-refractivity contribution >= 4 is 6.09 Å². The molecule has 0 saturated heterocycles. The van der Waals surface area contributed by atoms with Gasteiger partial charge < -0.3 is 9.26 Å². The highest BCUT2D eigenvalue weighted by Gasteiger charge is 2.38. The lowest BCUT2D eigenvalue weighted by Gasteiger charge is -2.13. The van der Waals surface area contributed by atoms with Gasteiger partial charge in [-0.2, -0.15) is 18.2 Å². The number of rotatable bonds is 5. The summed E-state index contributed by atoms with van der Waals surface area (Å²) in [4.78, 5) is 19.1. The van der Waals surface area contributed by atoms with Gasteiger partial charge in [0, 0.05) is 23.0 Å². The number of aryl methyl sites for hydroxylation is 1. The summed E-state index contributed by atoms with van der Waals surface area (Å²) >= 11 is 0. The van der Waals surface area contributed by atoms with Gasteiger partial charge in [-0.05, 0) is 18.6 Å². The first-order valence-corrected chi connectivity index (χ1v) is 8.25. The van der Waals surface area contributed by atoms with E-state index in [2.05, 4.69) is 19.6 Å². The molecule has 0 atom stereocenters. The monoisotopic (exact) mass is 410 g/mol. The first-order valence-electron chi connectivity index (χ1n) is 8.25. The van der Waals surface area contributed by atoms with E-state index in [1.807, 2.05) is 0 Å². The van der Waals surface area contributed by atoms with Gasteiger partial charge in [0.15, 0.2) is 0 Å². The second-order valence-electron chi connectivity index (χ2n) is 5.94. The first-order chi connectivity index (χ1) is 13.7. The molecule has 0 unspecified atom stereocenters. The number of ether oxygens (including phenoxy) is 1.